The van der Waals surface area contributed by atoms with E-state index in [1.165, 1.54) is 6.08 Å². The van der Waals surface area contributed by atoms with Gasteiger partial charge in [0.2, 0.25) is 5.91 Å². The summed E-state index contributed by atoms with van der Waals surface area (Å²) >= 11 is 6.70. The first-order valence-corrected chi connectivity index (χ1v) is 14.7. The largest absolute Gasteiger partial charge is 0.497 e. The number of likely N-dealkylation sites (tertiary alicyclic amines) is 1. The lowest BCUT2D eigenvalue weighted by Gasteiger charge is -2.41. The summed E-state index contributed by atoms with van der Waals surface area (Å²) in [7, 11) is 3.72. The molecule has 0 radical (unpaired) electrons. The molecule has 11 heteroatoms. The summed E-state index contributed by atoms with van der Waals surface area (Å²) in [5.41, 5.74) is 2.88. The molecule has 2 atom stereocenters. The number of nitrogens with zero attached hydrogens (tertiary/aromatic N) is 6. The summed E-state index contributed by atoms with van der Waals surface area (Å²) in [6, 6.07) is 11.9. The highest BCUT2D eigenvalue weighted by atomic mass is 35.5. The van der Waals surface area contributed by atoms with Crippen molar-refractivity contribution in [3.63, 3.8) is 0 Å². The van der Waals surface area contributed by atoms with Crippen molar-refractivity contribution in [2.75, 3.05) is 51.8 Å². The van der Waals surface area contributed by atoms with Crippen LogP contribution in [-0.4, -0.2) is 84.7 Å². The normalized spacial score (nSPS) is 19.1. The highest BCUT2D eigenvalue weighted by molar-refractivity contribution is 6.34. The van der Waals surface area contributed by atoms with Gasteiger partial charge in [-0.15, -0.1) is 0 Å². The third kappa shape index (κ3) is 5.46. The molecule has 0 bridgehead atoms. The molecule has 2 saturated heterocycles. The van der Waals surface area contributed by atoms with Gasteiger partial charge in [0, 0.05) is 41.6 Å². The van der Waals surface area contributed by atoms with Crippen molar-refractivity contribution in [2.45, 2.75) is 31.3 Å². The topological polar surface area (TPSA) is 108 Å². The number of methoxy groups -OCH3 is 1. The maximum Gasteiger partial charge on any atom is 0.319 e. The van der Waals surface area contributed by atoms with Crippen LogP contribution in [0.2, 0.25) is 5.02 Å². The van der Waals surface area contributed by atoms with Gasteiger partial charge in [-0.3, -0.25) is 4.79 Å². The maximum atomic E-state index is 12.6. The fourth-order valence-electron chi connectivity index (χ4n) is 6.15. The van der Waals surface area contributed by atoms with Crippen LogP contribution < -0.4 is 14.4 Å². The molecule has 0 aliphatic carbocycles. The number of carbonyl (C=O) groups is 1. The number of fused-ring (bicyclic) bond motifs is 3. The highest BCUT2D eigenvalue weighted by Crippen LogP contribution is 2.42. The van der Waals surface area contributed by atoms with Crippen LogP contribution in [0.25, 0.3) is 33.0 Å². The maximum absolute atomic E-state index is 12.6. The van der Waals surface area contributed by atoms with Crippen LogP contribution in [0.3, 0.4) is 0 Å². The minimum atomic E-state index is -0.326. The molecule has 2 aromatic carbocycles. The molecule has 4 aromatic rings. The number of aromatic nitrogens is 2. The quantitative estimate of drug-likeness (QED) is 0.249. The van der Waals surface area contributed by atoms with E-state index < -0.39 is 0 Å². The van der Waals surface area contributed by atoms with Gasteiger partial charge in [-0.1, -0.05) is 18.2 Å². The van der Waals surface area contributed by atoms with Crippen LogP contribution >= 0.6 is 11.6 Å². The fraction of sp³-hybridized carbons (Fsp3) is 0.375. The number of ether oxygens (including phenoxy) is 2. The molecule has 2 aliphatic rings. The molecule has 0 N–H and O–H groups in total. The van der Waals surface area contributed by atoms with Crippen LogP contribution in [0.15, 0.2) is 53.7 Å². The standard InChI is InChI=1S/C32H33ClN6O4/c1-4-28(40)39-14-13-38(18-20(39)9-11-34)31-29-27(35-32(36-31)43-19-21-6-5-12-37(21)2)17-24(23-10-15-42-30(23)29)25-16-22(41-3)7-8-26(25)33/h4,7-8,10,15-17,20-21H,1,5-6,9,12-14,18-19H2,2-3H3/t20-,21-/m0/s1. The number of furan rings is 1. The molecule has 0 saturated carbocycles. The van der Waals surface area contributed by atoms with Gasteiger partial charge in [-0.2, -0.15) is 15.2 Å². The first kappa shape index (κ1) is 28.8. The number of rotatable bonds is 8. The zero-order valence-corrected chi connectivity index (χ0v) is 25.0. The van der Waals surface area contributed by atoms with Crippen molar-refractivity contribution < 1.29 is 18.7 Å². The van der Waals surface area contributed by atoms with Gasteiger partial charge < -0.3 is 28.6 Å². The Labute approximate surface area is 255 Å². The number of hydrogen-bond acceptors (Lipinski definition) is 9. The van der Waals surface area contributed by atoms with Crippen LogP contribution in [0.4, 0.5) is 5.82 Å². The first-order valence-electron chi connectivity index (χ1n) is 14.4. The van der Waals surface area contributed by atoms with Crippen LogP contribution in [0, 0.1) is 11.3 Å². The van der Waals surface area contributed by atoms with Gasteiger partial charge in [0.1, 0.15) is 23.8 Å². The molecule has 10 nitrogen and oxygen atoms in total. The molecule has 43 heavy (non-hydrogen) atoms. The molecule has 4 heterocycles. The van der Waals surface area contributed by atoms with Gasteiger partial charge in [-0.25, -0.2) is 0 Å². The smallest absolute Gasteiger partial charge is 0.319 e. The lowest BCUT2D eigenvalue weighted by atomic mass is 9.98. The minimum Gasteiger partial charge on any atom is -0.497 e. The summed E-state index contributed by atoms with van der Waals surface area (Å²) in [5, 5.41) is 11.7. The number of nitriles is 1. The van der Waals surface area contributed by atoms with Crippen molar-refractivity contribution in [3.8, 4) is 29.0 Å². The van der Waals surface area contributed by atoms with Crippen molar-refractivity contribution in [1.29, 1.82) is 5.26 Å². The third-order valence-electron chi connectivity index (χ3n) is 8.47. The molecule has 6 rings (SSSR count). The van der Waals surface area contributed by atoms with Crippen LogP contribution in [0.1, 0.15) is 19.3 Å². The number of benzene rings is 2. The number of hydrogen-bond donors (Lipinski definition) is 0. The summed E-state index contributed by atoms with van der Waals surface area (Å²) in [6.07, 6.45) is 5.31. The van der Waals surface area contributed by atoms with E-state index in [0.717, 1.165) is 41.3 Å². The van der Waals surface area contributed by atoms with Gasteiger partial charge in [-0.05, 0) is 68.4 Å². The van der Waals surface area contributed by atoms with Crippen molar-refractivity contribution in [2.24, 2.45) is 0 Å². The minimum absolute atomic E-state index is 0.186. The van der Waals surface area contributed by atoms with Crippen LogP contribution in [0.5, 0.6) is 11.8 Å². The Hall–Kier alpha value is -4.33. The van der Waals surface area contributed by atoms with E-state index in [-0.39, 0.29) is 30.4 Å². The van der Waals surface area contributed by atoms with Crippen LogP contribution in [-0.2, 0) is 4.79 Å². The molecule has 0 spiro atoms. The second-order valence-electron chi connectivity index (χ2n) is 10.9. The highest BCUT2D eigenvalue weighted by Gasteiger charge is 2.32. The SMILES string of the molecule is C=CC(=O)N1CCN(c2nc(OC[C@@H]3CCCN3C)nc3cc(-c4cc(OC)ccc4Cl)c4ccoc4c23)C[C@@H]1CC#N. The van der Waals surface area contributed by atoms with Crippen molar-refractivity contribution >= 4 is 45.2 Å². The van der Waals surface area contributed by atoms with Gasteiger partial charge in [0.25, 0.3) is 0 Å². The predicted molar refractivity (Wildman–Crippen MR) is 166 cm³/mol. The fourth-order valence-corrected chi connectivity index (χ4v) is 6.37. The number of amides is 1. The van der Waals surface area contributed by atoms with E-state index in [9.17, 15) is 10.1 Å². The average Bonchev–Trinajstić information content (AvgIpc) is 3.68. The zero-order chi connectivity index (χ0) is 30.1. The van der Waals surface area contributed by atoms with Gasteiger partial charge in [0.15, 0.2) is 0 Å². The Morgan fingerprint density at radius 1 is 1.21 bits per heavy atom. The molecule has 0 unspecified atom stereocenters. The number of halogens is 1. The second-order valence-corrected chi connectivity index (χ2v) is 11.3. The molecule has 2 fully saturated rings. The first-order chi connectivity index (χ1) is 20.9. The van der Waals surface area contributed by atoms with Crippen molar-refractivity contribution in [1.82, 2.24) is 19.8 Å². The predicted octanol–water partition coefficient (Wildman–Crippen LogP) is 5.29. The van der Waals surface area contributed by atoms with Gasteiger partial charge >= 0.3 is 6.01 Å². The Morgan fingerprint density at radius 2 is 2.07 bits per heavy atom. The molecular formula is C32H33ClN6O4. The Balaban J connectivity index is 1.50. The van der Waals surface area contributed by atoms with E-state index >= 15 is 0 Å². The Morgan fingerprint density at radius 3 is 2.81 bits per heavy atom. The van der Waals surface area contributed by atoms with E-state index in [1.54, 1.807) is 18.3 Å². The lowest BCUT2D eigenvalue weighted by molar-refractivity contribution is -0.128. The summed E-state index contributed by atoms with van der Waals surface area (Å²) in [6.45, 7) is 6.48. The van der Waals surface area contributed by atoms with E-state index in [2.05, 4.69) is 29.5 Å². The zero-order valence-electron chi connectivity index (χ0n) is 24.3. The average molecular weight is 601 g/mol. The van der Waals surface area contributed by atoms with Crippen molar-refractivity contribution in [3.05, 3.63) is 54.3 Å². The number of likely N-dealkylation sites (N-methyl/N-ethyl adjacent to an activating group) is 1. The van der Waals surface area contributed by atoms with E-state index in [0.29, 0.717) is 53.9 Å². The second kappa shape index (κ2) is 12.1. The summed E-state index contributed by atoms with van der Waals surface area (Å²) < 4.78 is 17.8. The Kier molecular flexibility index (Phi) is 8.10. The van der Waals surface area contributed by atoms with E-state index in [1.807, 2.05) is 30.3 Å². The molecule has 222 valence electrons. The molecule has 2 aliphatic heterocycles. The third-order valence-corrected chi connectivity index (χ3v) is 8.80. The number of piperazine rings is 1. The summed E-state index contributed by atoms with van der Waals surface area (Å²) in [5.74, 6) is 1.13. The Bertz CT molecular complexity index is 1730. The number of anilines is 1. The van der Waals surface area contributed by atoms with Gasteiger partial charge in [0.05, 0.1) is 42.8 Å². The summed E-state index contributed by atoms with van der Waals surface area (Å²) in [4.78, 5) is 28.5. The lowest BCUT2D eigenvalue weighted by Crippen LogP contribution is -2.55. The molecule has 1 amide bonds. The van der Waals surface area contributed by atoms with E-state index in [4.69, 9.17) is 35.5 Å². The number of carbonyl (C=O) groups excluding carboxylic acids is 1. The molecular weight excluding hydrogens is 568 g/mol. The monoisotopic (exact) mass is 600 g/mol. The molecule has 2 aromatic heterocycles.